The Morgan fingerprint density at radius 1 is 1.25 bits per heavy atom. The molecule has 0 saturated carbocycles. The molecule has 106 valence electrons. The van der Waals surface area contributed by atoms with Gasteiger partial charge in [0.25, 0.3) is 10.0 Å². The lowest BCUT2D eigenvalue weighted by Gasteiger charge is -2.08. The molecule has 0 aliphatic carbocycles. The first-order valence-electron chi connectivity index (χ1n) is 6.04. The van der Waals surface area contributed by atoms with Gasteiger partial charge in [0.2, 0.25) is 0 Å². The van der Waals surface area contributed by atoms with Gasteiger partial charge >= 0.3 is 0 Å². The number of nitrogens with one attached hydrogen (secondary N) is 1. The fourth-order valence-corrected chi connectivity index (χ4v) is 2.77. The van der Waals surface area contributed by atoms with Gasteiger partial charge in [-0.1, -0.05) is 18.2 Å². The molecule has 0 atom stereocenters. The highest BCUT2D eigenvalue weighted by Gasteiger charge is 2.15. The summed E-state index contributed by atoms with van der Waals surface area (Å²) in [5, 5.41) is 0. The minimum Gasteiger partial charge on any atom is -0.380 e. The number of ether oxygens (including phenoxy) is 1. The number of anilines is 1. The maximum atomic E-state index is 12.3. The Morgan fingerprint density at radius 3 is 2.70 bits per heavy atom. The SMILES string of the molecule is COCc1cccc(S(=O)(=O)Nc2ccc(C)cn2)c1. The van der Waals surface area contributed by atoms with E-state index in [0.717, 1.165) is 11.1 Å². The van der Waals surface area contributed by atoms with E-state index in [-0.39, 0.29) is 4.90 Å². The molecule has 2 rings (SSSR count). The van der Waals surface area contributed by atoms with E-state index in [9.17, 15) is 8.42 Å². The molecule has 0 saturated heterocycles. The lowest BCUT2D eigenvalue weighted by Crippen LogP contribution is -2.14. The summed E-state index contributed by atoms with van der Waals surface area (Å²) < 4.78 is 32.0. The summed E-state index contributed by atoms with van der Waals surface area (Å²) in [7, 11) is -2.07. The minimum atomic E-state index is -3.64. The van der Waals surface area contributed by atoms with Crippen molar-refractivity contribution in [2.75, 3.05) is 11.8 Å². The summed E-state index contributed by atoms with van der Waals surface area (Å²) in [6.07, 6.45) is 1.61. The summed E-state index contributed by atoms with van der Waals surface area (Å²) in [5.41, 5.74) is 1.77. The van der Waals surface area contributed by atoms with Gasteiger partial charge in [-0.15, -0.1) is 0 Å². The van der Waals surface area contributed by atoms with Crippen molar-refractivity contribution in [3.63, 3.8) is 0 Å². The Bertz CT molecular complexity index is 682. The molecule has 0 fully saturated rings. The van der Waals surface area contributed by atoms with Crippen molar-refractivity contribution >= 4 is 15.8 Å². The Labute approximate surface area is 118 Å². The van der Waals surface area contributed by atoms with Crippen molar-refractivity contribution in [3.8, 4) is 0 Å². The zero-order chi connectivity index (χ0) is 14.6. The van der Waals surface area contributed by atoms with Gasteiger partial charge in [-0.3, -0.25) is 4.72 Å². The van der Waals surface area contributed by atoms with Gasteiger partial charge in [0.1, 0.15) is 5.82 Å². The highest BCUT2D eigenvalue weighted by Crippen LogP contribution is 2.16. The smallest absolute Gasteiger partial charge is 0.263 e. The van der Waals surface area contributed by atoms with Gasteiger partial charge in [-0.2, -0.15) is 0 Å². The molecule has 1 heterocycles. The second-order valence-corrected chi connectivity index (χ2v) is 6.09. The average Bonchev–Trinajstić information content (AvgIpc) is 2.42. The predicted molar refractivity (Wildman–Crippen MR) is 76.9 cm³/mol. The van der Waals surface area contributed by atoms with Crippen molar-refractivity contribution in [1.29, 1.82) is 0 Å². The van der Waals surface area contributed by atoms with E-state index in [0.29, 0.717) is 12.4 Å². The standard InChI is InChI=1S/C14H16N2O3S/c1-11-6-7-14(15-9-11)16-20(17,18)13-5-3-4-12(8-13)10-19-2/h3-9H,10H2,1-2H3,(H,15,16). The normalized spacial score (nSPS) is 11.3. The van der Waals surface area contributed by atoms with Crippen molar-refractivity contribution in [1.82, 2.24) is 4.98 Å². The van der Waals surface area contributed by atoms with Crippen LogP contribution in [-0.4, -0.2) is 20.5 Å². The number of nitrogens with zero attached hydrogens (tertiary/aromatic N) is 1. The highest BCUT2D eigenvalue weighted by molar-refractivity contribution is 7.92. The van der Waals surface area contributed by atoms with Crippen LogP contribution < -0.4 is 4.72 Å². The van der Waals surface area contributed by atoms with Crippen LogP contribution in [0.4, 0.5) is 5.82 Å². The van der Waals surface area contributed by atoms with E-state index >= 15 is 0 Å². The van der Waals surface area contributed by atoms with Crippen LogP contribution in [0.5, 0.6) is 0 Å². The van der Waals surface area contributed by atoms with Crippen LogP contribution in [0.1, 0.15) is 11.1 Å². The summed E-state index contributed by atoms with van der Waals surface area (Å²) in [5.74, 6) is 0.299. The highest BCUT2D eigenvalue weighted by atomic mass is 32.2. The first-order valence-corrected chi connectivity index (χ1v) is 7.53. The van der Waals surface area contributed by atoms with Crippen molar-refractivity contribution in [2.45, 2.75) is 18.4 Å². The number of aromatic nitrogens is 1. The number of hydrogen-bond acceptors (Lipinski definition) is 4. The Kier molecular flexibility index (Phi) is 4.36. The van der Waals surface area contributed by atoms with E-state index in [1.54, 1.807) is 37.6 Å². The van der Waals surface area contributed by atoms with Gasteiger partial charge in [-0.05, 0) is 36.2 Å². The molecule has 0 radical (unpaired) electrons. The van der Waals surface area contributed by atoms with Gasteiger partial charge in [0.15, 0.2) is 0 Å². The summed E-state index contributed by atoms with van der Waals surface area (Å²) >= 11 is 0. The molecule has 1 aromatic carbocycles. The number of pyridine rings is 1. The fraction of sp³-hybridized carbons (Fsp3) is 0.214. The maximum Gasteiger partial charge on any atom is 0.263 e. The largest absolute Gasteiger partial charge is 0.380 e. The fourth-order valence-electron chi connectivity index (χ4n) is 1.69. The third-order valence-corrected chi connectivity index (χ3v) is 4.02. The molecule has 5 nitrogen and oxygen atoms in total. The molecule has 0 spiro atoms. The molecule has 20 heavy (non-hydrogen) atoms. The molecule has 0 amide bonds. The van der Waals surface area contributed by atoms with Crippen LogP contribution in [0.3, 0.4) is 0 Å². The maximum absolute atomic E-state index is 12.3. The van der Waals surface area contributed by atoms with Crippen LogP contribution in [0.25, 0.3) is 0 Å². The first-order chi connectivity index (χ1) is 9.51. The second-order valence-electron chi connectivity index (χ2n) is 4.41. The lowest BCUT2D eigenvalue weighted by atomic mass is 10.2. The molecular weight excluding hydrogens is 276 g/mol. The number of sulfonamides is 1. The quantitative estimate of drug-likeness (QED) is 0.918. The molecule has 6 heteroatoms. The number of aryl methyl sites for hydroxylation is 1. The number of rotatable bonds is 5. The number of hydrogen-bond donors (Lipinski definition) is 1. The molecule has 1 aromatic heterocycles. The summed E-state index contributed by atoms with van der Waals surface area (Å²) in [6, 6.07) is 10.0. The van der Waals surface area contributed by atoms with Gasteiger partial charge < -0.3 is 4.74 Å². The van der Waals surface area contributed by atoms with Gasteiger partial charge in [-0.25, -0.2) is 13.4 Å². The molecule has 1 N–H and O–H groups in total. The van der Waals surface area contributed by atoms with E-state index < -0.39 is 10.0 Å². The van der Waals surface area contributed by atoms with Crippen LogP contribution in [0.2, 0.25) is 0 Å². The third-order valence-electron chi connectivity index (χ3n) is 2.67. The molecule has 0 aliphatic rings. The molecule has 0 bridgehead atoms. The Morgan fingerprint density at radius 2 is 2.05 bits per heavy atom. The lowest BCUT2D eigenvalue weighted by molar-refractivity contribution is 0.184. The average molecular weight is 292 g/mol. The van der Waals surface area contributed by atoms with Gasteiger partial charge in [0.05, 0.1) is 11.5 Å². The Hall–Kier alpha value is -1.92. The van der Waals surface area contributed by atoms with Crippen LogP contribution in [-0.2, 0) is 21.4 Å². The molecule has 2 aromatic rings. The zero-order valence-electron chi connectivity index (χ0n) is 11.3. The summed E-state index contributed by atoms with van der Waals surface area (Å²) in [4.78, 5) is 4.22. The van der Waals surface area contributed by atoms with Gasteiger partial charge in [0, 0.05) is 13.3 Å². The molecular formula is C14H16N2O3S. The molecule has 0 aliphatic heterocycles. The topological polar surface area (TPSA) is 68.3 Å². The van der Waals surface area contributed by atoms with Crippen molar-refractivity contribution in [3.05, 3.63) is 53.7 Å². The van der Waals surface area contributed by atoms with Crippen LogP contribution >= 0.6 is 0 Å². The monoisotopic (exact) mass is 292 g/mol. The third kappa shape index (κ3) is 3.55. The van der Waals surface area contributed by atoms with E-state index in [4.69, 9.17) is 4.74 Å². The predicted octanol–water partition coefficient (Wildman–Crippen LogP) is 2.34. The van der Waals surface area contributed by atoms with Crippen LogP contribution in [0.15, 0.2) is 47.5 Å². The summed E-state index contributed by atoms with van der Waals surface area (Å²) in [6.45, 7) is 2.26. The minimum absolute atomic E-state index is 0.189. The Balaban J connectivity index is 2.25. The first kappa shape index (κ1) is 14.5. The number of benzene rings is 1. The number of methoxy groups -OCH3 is 1. The van der Waals surface area contributed by atoms with Crippen LogP contribution in [0, 0.1) is 6.92 Å². The molecule has 0 unspecified atom stereocenters. The van der Waals surface area contributed by atoms with Crippen molar-refractivity contribution < 1.29 is 13.2 Å². The second kappa shape index (κ2) is 6.02. The van der Waals surface area contributed by atoms with E-state index in [2.05, 4.69) is 9.71 Å². The van der Waals surface area contributed by atoms with Crippen molar-refractivity contribution in [2.24, 2.45) is 0 Å². The van der Waals surface area contributed by atoms with E-state index in [1.807, 2.05) is 13.0 Å². The van der Waals surface area contributed by atoms with E-state index in [1.165, 1.54) is 6.07 Å². The zero-order valence-corrected chi connectivity index (χ0v) is 12.1.